The second-order valence-corrected chi connectivity index (χ2v) is 7.14. The van der Waals surface area contributed by atoms with Crippen molar-refractivity contribution >= 4 is 5.91 Å². The molecule has 2 saturated carbocycles. The van der Waals surface area contributed by atoms with Crippen LogP contribution in [0.3, 0.4) is 0 Å². The summed E-state index contributed by atoms with van der Waals surface area (Å²) in [6.45, 7) is 0.656. The van der Waals surface area contributed by atoms with Crippen molar-refractivity contribution in [1.82, 2.24) is 5.32 Å². The molecule has 3 N–H and O–H groups in total. The van der Waals surface area contributed by atoms with Gasteiger partial charge in [0.2, 0.25) is 5.91 Å². The Balaban J connectivity index is 1.37. The highest BCUT2D eigenvalue weighted by molar-refractivity contribution is 5.76. The zero-order chi connectivity index (χ0) is 15.4. The lowest BCUT2D eigenvalue weighted by Gasteiger charge is -2.28. The standard InChI is InChI=1S/C19H28N2O/c20-18(17-10-11-17)13-21-19(22)12-14-6-8-16(9-7-14)15-4-2-1-3-5-15/h1-5,14,16-18H,6-13,20H2,(H,21,22). The minimum Gasteiger partial charge on any atom is -0.355 e. The fourth-order valence-electron chi connectivity index (χ4n) is 3.68. The van der Waals surface area contributed by atoms with E-state index in [1.54, 1.807) is 0 Å². The number of amides is 1. The Bertz CT molecular complexity index is 475. The predicted octanol–water partition coefficient (Wildman–Crippen LogP) is 3.20. The Morgan fingerprint density at radius 1 is 1.09 bits per heavy atom. The van der Waals surface area contributed by atoms with Crippen LogP contribution in [0.2, 0.25) is 0 Å². The third-order valence-corrected chi connectivity index (χ3v) is 5.35. The molecule has 2 aliphatic carbocycles. The van der Waals surface area contributed by atoms with Gasteiger partial charge in [-0.25, -0.2) is 0 Å². The van der Waals surface area contributed by atoms with Gasteiger partial charge in [-0.2, -0.15) is 0 Å². The molecule has 3 rings (SSSR count). The molecule has 1 atom stereocenters. The van der Waals surface area contributed by atoms with Crippen LogP contribution in [0.15, 0.2) is 30.3 Å². The average molecular weight is 300 g/mol. The van der Waals surface area contributed by atoms with E-state index in [9.17, 15) is 4.79 Å². The van der Waals surface area contributed by atoms with Crippen molar-refractivity contribution in [3.8, 4) is 0 Å². The molecule has 1 aromatic carbocycles. The van der Waals surface area contributed by atoms with Gasteiger partial charge < -0.3 is 11.1 Å². The van der Waals surface area contributed by atoms with Crippen LogP contribution in [0.4, 0.5) is 0 Å². The molecule has 120 valence electrons. The van der Waals surface area contributed by atoms with Crippen LogP contribution in [0.25, 0.3) is 0 Å². The van der Waals surface area contributed by atoms with Gasteiger partial charge in [-0.1, -0.05) is 30.3 Å². The Hall–Kier alpha value is -1.35. The van der Waals surface area contributed by atoms with Crippen molar-refractivity contribution in [2.45, 2.75) is 56.9 Å². The summed E-state index contributed by atoms with van der Waals surface area (Å²) < 4.78 is 0. The SMILES string of the molecule is NC(CNC(=O)CC1CCC(c2ccccc2)CC1)C1CC1. The molecular formula is C19H28N2O. The Kier molecular flexibility index (Phi) is 5.14. The lowest BCUT2D eigenvalue weighted by molar-refractivity contribution is -0.122. The predicted molar refractivity (Wildman–Crippen MR) is 89.5 cm³/mol. The topological polar surface area (TPSA) is 55.1 Å². The quantitative estimate of drug-likeness (QED) is 0.847. The molecule has 2 fully saturated rings. The van der Waals surface area contributed by atoms with Crippen LogP contribution in [0.1, 0.15) is 56.4 Å². The number of benzene rings is 1. The van der Waals surface area contributed by atoms with Crippen molar-refractivity contribution in [2.24, 2.45) is 17.6 Å². The number of carbonyl (C=O) groups is 1. The van der Waals surface area contributed by atoms with Crippen LogP contribution in [-0.2, 0) is 4.79 Å². The Morgan fingerprint density at radius 3 is 2.41 bits per heavy atom. The zero-order valence-electron chi connectivity index (χ0n) is 13.3. The summed E-state index contributed by atoms with van der Waals surface area (Å²) >= 11 is 0. The summed E-state index contributed by atoms with van der Waals surface area (Å²) in [7, 11) is 0. The first-order valence-corrected chi connectivity index (χ1v) is 8.79. The minimum absolute atomic E-state index is 0.165. The molecule has 0 spiro atoms. The Labute approximate surface area is 133 Å². The van der Waals surface area contributed by atoms with E-state index >= 15 is 0 Å². The van der Waals surface area contributed by atoms with Crippen molar-refractivity contribution < 1.29 is 4.79 Å². The first-order chi connectivity index (χ1) is 10.7. The highest BCUT2D eigenvalue weighted by atomic mass is 16.1. The second-order valence-electron chi connectivity index (χ2n) is 7.14. The zero-order valence-corrected chi connectivity index (χ0v) is 13.3. The maximum atomic E-state index is 12.0. The van der Waals surface area contributed by atoms with Gasteiger partial charge in [0.05, 0.1) is 0 Å². The van der Waals surface area contributed by atoms with Gasteiger partial charge in [-0.3, -0.25) is 4.79 Å². The summed E-state index contributed by atoms with van der Waals surface area (Å²) in [5, 5.41) is 3.03. The third-order valence-electron chi connectivity index (χ3n) is 5.35. The molecule has 0 heterocycles. The molecule has 2 aliphatic rings. The van der Waals surface area contributed by atoms with E-state index in [4.69, 9.17) is 5.73 Å². The van der Waals surface area contributed by atoms with E-state index in [2.05, 4.69) is 35.6 Å². The molecular weight excluding hydrogens is 272 g/mol. The van der Waals surface area contributed by atoms with Crippen molar-refractivity contribution in [1.29, 1.82) is 0 Å². The fourth-order valence-corrected chi connectivity index (χ4v) is 3.68. The van der Waals surface area contributed by atoms with E-state index in [0.717, 1.165) is 0 Å². The van der Waals surface area contributed by atoms with Crippen LogP contribution < -0.4 is 11.1 Å². The van der Waals surface area contributed by atoms with Gasteiger partial charge in [-0.05, 0) is 61.8 Å². The molecule has 0 saturated heterocycles. The molecule has 0 bridgehead atoms. The molecule has 0 radical (unpaired) electrons. The third kappa shape index (κ3) is 4.33. The van der Waals surface area contributed by atoms with E-state index in [1.807, 2.05) is 0 Å². The van der Waals surface area contributed by atoms with Gasteiger partial charge in [0.25, 0.3) is 0 Å². The van der Waals surface area contributed by atoms with Crippen molar-refractivity contribution in [3.05, 3.63) is 35.9 Å². The first-order valence-electron chi connectivity index (χ1n) is 8.79. The molecule has 22 heavy (non-hydrogen) atoms. The number of nitrogens with one attached hydrogen (secondary N) is 1. The number of hydrogen-bond acceptors (Lipinski definition) is 2. The number of hydrogen-bond donors (Lipinski definition) is 2. The molecule has 1 amide bonds. The molecule has 0 aliphatic heterocycles. The van der Waals surface area contributed by atoms with Gasteiger partial charge in [0.1, 0.15) is 0 Å². The average Bonchev–Trinajstić information content (AvgIpc) is 3.39. The molecule has 0 aromatic heterocycles. The largest absolute Gasteiger partial charge is 0.355 e. The monoisotopic (exact) mass is 300 g/mol. The maximum Gasteiger partial charge on any atom is 0.220 e. The first kappa shape index (κ1) is 15.5. The maximum absolute atomic E-state index is 12.0. The lowest BCUT2D eigenvalue weighted by Crippen LogP contribution is -2.39. The minimum atomic E-state index is 0.165. The van der Waals surface area contributed by atoms with Crippen LogP contribution in [0, 0.1) is 11.8 Å². The van der Waals surface area contributed by atoms with Gasteiger partial charge in [-0.15, -0.1) is 0 Å². The summed E-state index contributed by atoms with van der Waals surface area (Å²) in [5.74, 6) is 2.08. The van der Waals surface area contributed by atoms with E-state index in [-0.39, 0.29) is 11.9 Å². The van der Waals surface area contributed by atoms with Gasteiger partial charge >= 0.3 is 0 Å². The van der Waals surface area contributed by atoms with Crippen molar-refractivity contribution in [3.63, 3.8) is 0 Å². The van der Waals surface area contributed by atoms with Crippen LogP contribution in [-0.4, -0.2) is 18.5 Å². The second kappa shape index (κ2) is 7.28. The normalized spacial score (nSPS) is 26.4. The Morgan fingerprint density at radius 2 is 1.77 bits per heavy atom. The highest BCUT2D eigenvalue weighted by Crippen LogP contribution is 2.37. The number of rotatable bonds is 6. The van der Waals surface area contributed by atoms with Gasteiger partial charge in [0.15, 0.2) is 0 Å². The van der Waals surface area contributed by atoms with E-state index < -0.39 is 0 Å². The highest BCUT2D eigenvalue weighted by Gasteiger charge is 2.29. The number of nitrogens with two attached hydrogens (primary N) is 1. The van der Waals surface area contributed by atoms with E-state index in [0.29, 0.717) is 30.7 Å². The molecule has 3 heteroatoms. The molecule has 1 unspecified atom stereocenters. The van der Waals surface area contributed by atoms with Crippen LogP contribution >= 0.6 is 0 Å². The summed E-state index contributed by atoms with van der Waals surface area (Å²) in [5.41, 5.74) is 7.49. The fraction of sp³-hybridized carbons (Fsp3) is 0.632. The lowest BCUT2D eigenvalue weighted by atomic mass is 9.77. The summed E-state index contributed by atoms with van der Waals surface area (Å²) in [4.78, 5) is 12.0. The summed E-state index contributed by atoms with van der Waals surface area (Å²) in [6.07, 6.45) is 7.91. The van der Waals surface area contributed by atoms with Crippen molar-refractivity contribution in [2.75, 3.05) is 6.54 Å². The molecule has 1 aromatic rings. The molecule has 3 nitrogen and oxygen atoms in total. The van der Waals surface area contributed by atoms with Crippen LogP contribution in [0.5, 0.6) is 0 Å². The number of carbonyl (C=O) groups excluding carboxylic acids is 1. The summed E-state index contributed by atoms with van der Waals surface area (Å²) in [6, 6.07) is 11.0. The van der Waals surface area contributed by atoms with Gasteiger partial charge in [0, 0.05) is 19.0 Å². The smallest absolute Gasteiger partial charge is 0.220 e. The van der Waals surface area contributed by atoms with E-state index in [1.165, 1.54) is 44.1 Å².